The Bertz CT molecular complexity index is 533. The highest BCUT2D eigenvalue weighted by atomic mass is 32.1. The number of carbonyl (C=O) groups is 1. The summed E-state index contributed by atoms with van der Waals surface area (Å²) in [5.41, 5.74) is 2.68. The predicted octanol–water partition coefficient (Wildman–Crippen LogP) is 1.84. The van der Waals surface area contributed by atoms with Gasteiger partial charge in [-0.3, -0.25) is 4.79 Å². The highest BCUT2D eigenvalue weighted by Crippen LogP contribution is 2.09. The molecule has 2 aromatic rings. The standard InChI is InChI=1S/C13H15N3OS/c1-10-8-15-16(9-10)12-4-2-11(3-5-12)13(17)14-6-7-18/h2-5,8-9,18H,6-7H2,1H3,(H,14,17). The monoisotopic (exact) mass is 261 g/mol. The maximum absolute atomic E-state index is 11.7. The highest BCUT2D eigenvalue weighted by molar-refractivity contribution is 7.80. The number of aromatic nitrogens is 2. The first-order valence-corrected chi connectivity index (χ1v) is 6.35. The third-order valence-electron chi connectivity index (χ3n) is 2.50. The van der Waals surface area contributed by atoms with Gasteiger partial charge >= 0.3 is 0 Å². The van der Waals surface area contributed by atoms with Gasteiger partial charge in [0.05, 0.1) is 11.9 Å². The molecule has 18 heavy (non-hydrogen) atoms. The van der Waals surface area contributed by atoms with Crippen molar-refractivity contribution in [3.8, 4) is 5.69 Å². The molecule has 94 valence electrons. The van der Waals surface area contributed by atoms with Crippen LogP contribution in [0.4, 0.5) is 0 Å². The molecule has 0 spiro atoms. The number of carbonyl (C=O) groups excluding carboxylic acids is 1. The molecule has 0 fully saturated rings. The van der Waals surface area contributed by atoms with Crippen LogP contribution < -0.4 is 5.32 Å². The maximum Gasteiger partial charge on any atom is 0.251 e. The zero-order chi connectivity index (χ0) is 13.0. The van der Waals surface area contributed by atoms with Gasteiger partial charge in [0.15, 0.2) is 0 Å². The van der Waals surface area contributed by atoms with E-state index < -0.39 is 0 Å². The normalized spacial score (nSPS) is 10.3. The zero-order valence-corrected chi connectivity index (χ0v) is 11.0. The van der Waals surface area contributed by atoms with Crippen molar-refractivity contribution < 1.29 is 4.79 Å². The molecular formula is C13H15N3OS. The minimum atomic E-state index is -0.0766. The Morgan fingerprint density at radius 2 is 2.11 bits per heavy atom. The summed E-state index contributed by atoms with van der Waals surface area (Å²) in [6.07, 6.45) is 3.74. The van der Waals surface area contributed by atoms with E-state index in [2.05, 4.69) is 23.0 Å². The van der Waals surface area contributed by atoms with Gasteiger partial charge in [0, 0.05) is 24.1 Å². The number of aryl methyl sites for hydroxylation is 1. The number of hydrogen-bond donors (Lipinski definition) is 2. The molecule has 1 amide bonds. The van der Waals surface area contributed by atoms with Gasteiger partial charge in [0.2, 0.25) is 0 Å². The Labute approximate surface area is 111 Å². The molecule has 0 aliphatic carbocycles. The molecule has 4 nitrogen and oxygen atoms in total. The summed E-state index contributed by atoms with van der Waals surface area (Å²) < 4.78 is 1.78. The number of nitrogens with one attached hydrogen (secondary N) is 1. The van der Waals surface area contributed by atoms with Gasteiger partial charge in [-0.05, 0) is 36.8 Å². The molecule has 0 bridgehead atoms. The number of hydrogen-bond acceptors (Lipinski definition) is 3. The molecule has 0 unspecified atom stereocenters. The van der Waals surface area contributed by atoms with Crippen LogP contribution in [0.25, 0.3) is 5.69 Å². The van der Waals surface area contributed by atoms with Gasteiger partial charge in [-0.2, -0.15) is 17.7 Å². The van der Waals surface area contributed by atoms with E-state index >= 15 is 0 Å². The molecule has 0 aliphatic heterocycles. The first-order valence-electron chi connectivity index (χ1n) is 5.71. The maximum atomic E-state index is 11.7. The summed E-state index contributed by atoms with van der Waals surface area (Å²) in [6.45, 7) is 2.56. The predicted molar refractivity (Wildman–Crippen MR) is 74.5 cm³/mol. The van der Waals surface area contributed by atoms with Crippen LogP contribution in [0.2, 0.25) is 0 Å². The molecule has 1 N–H and O–H groups in total. The number of thiol groups is 1. The van der Waals surface area contributed by atoms with E-state index in [1.54, 1.807) is 23.0 Å². The lowest BCUT2D eigenvalue weighted by Gasteiger charge is -2.05. The summed E-state index contributed by atoms with van der Waals surface area (Å²) in [6, 6.07) is 7.34. The van der Waals surface area contributed by atoms with Gasteiger partial charge in [-0.1, -0.05) is 0 Å². The fourth-order valence-electron chi connectivity index (χ4n) is 1.59. The van der Waals surface area contributed by atoms with Crippen molar-refractivity contribution >= 4 is 18.5 Å². The van der Waals surface area contributed by atoms with Crippen molar-refractivity contribution in [2.75, 3.05) is 12.3 Å². The second kappa shape index (κ2) is 5.73. The molecule has 0 aliphatic rings. The Morgan fingerprint density at radius 1 is 1.39 bits per heavy atom. The van der Waals surface area contributed by atoms with Crippen molar-refractivity contribution in [3.63, 3.8) is 0 Å². The summed E-state index contributed by atoms with van der Waals surface area (Å²) >= 11 is 4.05. The van der Waals surface area contributed by atoms with Crippen LogP contribution in [0.5, 0.6) is 0 Å². The zero-order valence-electron chi connectivity index (χ0n) is 10.1. The minimum absolute atomic E-state index is 0.0766. The molecule has 2 rings (SSSR count). The average molecular weight is 261 g/mol. The van der Waals surface area contributed by atoms with E-state index in [4.69, 9.17) is 0 Å². The fourth-order valence-corrected chi connectivity index (χ4v) is 1.70. The van der Waals surface area contributed by atoms with E-state index in [1.165, 1.54) is 0 Å². The molecule has 5 heteroatoms. The van der Waals surface area contributed by atoms with Gasteiger partial charge in [0.25, 0.3) is 5.91 Å². The molecule has 0 radical (unpaired) electrons. The Hall–Kier alpha value is -1.75. The van der Waals surface area contributed by atoms with Crippen molar-refractivity contribution in [2.24, 2.45) is 0 Å². The van der Waals surface area contributed by atoms with Crippen LogP contribution in [0.1, 0.15) is 15.9 Å². The lowest BCUT2D eigenvalue weighted by atomic mass is 10.2. The molecule has 0 saturated carbocycles. The van der Waals surface area contributed by atoms with Crippen molar-refractivity contribution in [1.29, 1.82) is 0 Å². The molecule has 0 saturated heterocycles. The fraction of sp³-hybridized carbons (Fsp3) is 0.231. The lowest BCUT2D eigenvalue weighted by Crippen LogP contribution is -2.25. The largest absolute Gasteiger partial charge is 0.351 e. The van der Waals surface area contributed by atoms with E-state index in [9.17, 15) is 4.79 Å². The molecule has 1 heterocycles. The lowest BCUT2D eigenvalue weighted by molar-refractivity contribution is 0.0956. The first kappa shape index (κ1) is 12.7. The van der Waals surface area contributed by atoms with Crippen LogP contribution in [-0.4, -0.2) is 28.0 Å². The number of nitrogens with zero attached hydrogens (tertiary/aromatic N) is 2. The van der Waals surface area contributed by atoms with Crippen molar-refractivity contribution in [3.05, 3.63) is 47.8 Å². The second-order valence-electron chi connectivity index (χ2n) is 3.99. The average Bonchev–Trinajstić information content (AvgIpc) is 2.83. The van der Waals surface area contributed by atoms with Crippen molar-refractivity contribution in [2.45, 2.75) is 6.92 Å². The number of rotatable bonds is 4. The van der Waals surface area contributed by atoms with Crippen LogP contribution in [-0.2, 0) is 0 Å². The SMILES string of the molecule is Cc1cnn(-c2ccc(C(=O)NCCS)cc2)c1. The Kier molecular flexibility index (Phi) is 4.04. The van der Waals surface area contributed by atoms with E-state index in [1.807, 2.05) is 25.3 Å². The quantitative estimate of drug-likeness (QED) is 0.825. The smallest absolute Gasteiger partial charge is 0.251 e. The summed E-state index contributed by atoms with van der Waals surface area (Å²) in [5, 5.41) is 6.99. The van der Waals surface area contributed by atoms with Gasteiger partial charge in [0.1, 0.15) is 0 Å². The van der Waals surface area contributed by atoms with Gasteiger partial charge in [-0.25, -0.2) is 4.68 Å². The second-order valence-corrected chi connectivity index (χ2v) is 4.44. The van der Waals surface area contributed by atoms with Crippen LogP contribution in [0, 0.1) is 6.92 Å². The third kappa shape index (κ3) is 2.92. The number of amides is 1. The third-order valence-corrected chi connectivity index (χ3v) is 2.73. The Morgan fingerprint density at radius 3 is 2.67 bits per heavy atom. The van der Waals surface area contributed by atoms with E-state index in [0.29, 0.717) is 17.9 Å². The first-order chi connectivity index (χ1) is 8.70. The molecule has 1 aromatic carbocycles. The van der Waals surface area contributed by atoms with Crippen LogP contribution in [0.3, 0.4) is 0 Å². The Balaban J connectivity index is 2.12. The minimum Gasteiger partial charge on any atom is -0.351 e. The molecule has 1 aromatic heterocycles. The summed E-state index contributed by atoms with van der Waals surface area (Å²) in [5.74, 6) is 0.559. The topological polar surface area (TPSA) is 46.9 Å². The van der Waals surface area contributed by atoms with Gasteiger partial charge in [-0.15, -0.1) is 0 Å². The molecule has 0 atom stereocenters. The summed E-state index contributed by atoms with van der Waals surface area (Å²) in [4.78, 5) is 11.7. The van der Waals surface area contributed by atoms with E-state index in [0.717, 1.165) is 11.3 Å². The van der Waals surface area contributed by atoms with Crippen LogP contribution >= 0.6 is 12.6 Å². The van der Waals surface area contributed by atoms with Gasteiger partial charge < -0.3 is 5.32 Å². The van der Waals surface area contributed by atoms with Crippen molar-refractivity contribution in [1.82, 2.24) is 15.1 Å². The molecular weight excluding hydrogens is 246 g/mol. The highest BCUT2D eigenvalue weighted by Gasteiger charge is 2.05. The van der Waals surface area contributed by atoms with E-state index in [-0.39, 0.29) is 5.91 Å². The van der Waals surface area contributed by atoms with Crippen LogP contribution in [0.15, 0.2) is 36.7 Å². The number of benzene rings is 1. The summed E-state index contributed by atoms with van der Waals surface area (Å²) in [7, 11) is 0.